The zero-order valence-electron chi connectivity index (χ0n) is 14.8. The molecule has 140 valence electrons. The first-order valence-electron chi connectivity index (χ1n) is 8.34. The Labute approximate surface area is 162 Å². The van der Waals surface area contributed by atoms with Crippen molar-refractivity contribution in [2.75, 3.05) is 31.3 Å². The van der Waals surface area contributed by atoms with Crippen molar-refractivity contribution in [2.24, 2.45) is 0 Å². The summed E-state index contributed by atoms with van der Waals surface area (Å²) in [6, 6.07) is 16.3. The molecule has 8 heteroatoms. The second-order valence-corrected chi connectivity index (χ2v) is 6.17. The molecule has 3 aromatic rings. The Morgan fingerprint density at radius 1 is 1.19 bits per heavy atom. The highest BCUT2D eigenvalue weighted by atomic mass is 35.5. The SMILES string of the molecule is COCCNC(=O)Nc1c(-c2ccccc2)nn(-c2ccc(Cl)cc2)c1N. The topological polar surface area (TPSA) is 94.2 Å². The Kier molecular flexibility index (Phi) is 5.95. The summed E-state index contributed by atoms with van der Waals surface area (Å²) < 4.78 is 6.51. The van der Waals surface area contributed by atoms with Crippen LogP contribution in [-0.4, -0.2) is 36.1 Å². The first-order chi connectivity index (χ1) is 13.1. The number of urea groups is 1. The highest BCUT2D eigenvalue weighted by Gasteiger charge is 2.20. The lowest BCUT2D eigenvalue weighted by Crippen LogP contribution is -2.31. The van der Waals surface area contributed by atoms with E-state index in [4.69, 9.17) is 22.1 Å². The van der Waals surface area contributed by atoms with Gasteiger partial charge in [-0.05, 0) is 24.3 Å². The third kappa shape index (κ3) is 4.39. The van der Waals surface area contributed by atoms with Gasteiger partial charge in [0.15, 0.2) is 5.82 Å². The number of hydrogen-bond donors (Lipinski definition) is 3. The number of anilines is 2. The largest absolute Gasteiger partial charge is 0.383 e. The summed E-state index contributed by atoms with van der Waals surface area (Å²) in [7, 11) is 1.57. The number of amides is 2. The Hall–Kier alpha value is -3.03. The lowest BCUT2D eigenvalue weighted by atomic mass is 10.1. The zero-order chi connectivity index (χ0) is 19.2. The minimum absolute atomic E-state index is 0.318. The van der Waals surface area contributed by atoms with Crippen LogP contribution in [0.3, 0.4) is 0 Å². The van der Waals surface area contributed by atoms with Crippen LogP contribution in [0.25, 0.3) is 16.9 Å². The Bertz CT molecular complexity index is 910. The maximum atomic E-state index is 12.2. The van der Waals surface area contributed by atoms with Crippen molar-refractivity contribution in [3.05, 3.63) is 59.6 Å². The highest BCUT2D eigenvalue weighted by Crippen LogP contribution is 2.34. The van der Waals surface area contributed by atoms with E-state index in [1.165, 1.54) is 0 Å². The number of carbonyl (C=O) groups excluding carboxylic acids is 1. The summed E-state index contributed by atoms with van der Waals surface area (Å²) in [6.45, 7) is 0.798. The molecule has 0 bridgehead atoms. The van der Waals surface area contributed by atoms with Gasteiger partial charge in [-0.3, -0.25) is 0 Å². The predicted octanol–water partition coefficient (Wildman–Crippen LogP) is 3.54. The zero-order valence-corrected chi connectivity index (χ0v) is 15.5. The molecule has 1 aromatic heterocycles. The van der Waals surface area contributed by atoms with Gasteiger partial charge in [0.2, 0.25) is 0 Å². The first kappa shape index (κ1) is 18.8. The van der Waals surface area contributed by atoms with E-state index in [-0.39, 0.29) is 6.03 Å². The Morgan fingerprint density at radius 3 is 2.56 bits per heavy atom. The normalized spacial score (nSPS) is 10.6. The summed E-state index contributed by atoms with van der Waals surface area (Å²) in [5.41, 5.74) is 8.90. The molecule has 2 amide bonds. The van der Waals surface area contributed by atoms with Gasteiger partial charge in [0.25, 0.3) is 0 Å². The predicted molar refractivity (Wildman–Crippen MR) is 107 cm³/mol. The number of carbonyl (C=O) groups is 1. The molecule has 0 saturated heterocycles. The number of hydrogen-bond acceptors (Lipinski definition) is 4. The smallest absolute Gasteiger partial charge is 0.319 e. The Morgan fingerprint density at radius 2 is 1.89 bits per heavy atom. The van der Waals surface area contributed by atoms with Gasteiger partial charge in [-0.1, -0.05) is 41.9 Å². The molecular weight excluding hydrogens is 366 g/mol. The molecule has 2 aromatic carbocycles. The van der Waals surface area contributed by atoms with E-state index in [0.717, 1.165) is 11.3 Å². The van der Waals surface area contributed by atoms with Gasteiger partial charge in [-0.2, -0.15) is 5.10 Å². The average Bonchev–Trinajstić information content (AvgIpc) is 3.00. The minimum Gasteiger partial charge on any atom is -0.383 e. The molecule has 4 N–H and O–H groups in total. The lowest BCUT2D eigenvalue weighted by Gasteiger charge is -2.09. The summed E-state index contributed by atoms with van der Waals surface area (Å²) in [5, 5.41) is 10.7. The van der Waals surface area contributed by atoms with Gasteiger partial charge < -0.3 is 21.1 Å². The number of rotatable bonds is 6. The quantitative estimate of drug-likeness (QED) is 0.565. The molecule has 1 heterocycles. The number of nitrogens with zero attached hydrogens (tertiary/aromatic N) is 2. The minimum atomic E-state index is -0.383. The first-order valence-corrected chi connectivity index (χ1v) is 8.71. The fourth-order valence-corrected chi connectivity index (χ4v) is 2.68. The number of halogens is 1. The van der Waals surface area contributed by atoms with Gasteiger partial charge >= 0.3 is 6.03 Å². The molecule has 27 heavy (non-hydrogen) atoms. The number of nitrogens with one attached hydrogen (secondary N) is 2. The van der Waals surface area contributed by atoms with Crippen LogP contribution in [0.5, 0.6) is 0 Å². The van der Waals surface area contributed by atoms with Gasteiger partial charge in [0, 0.05) is 24.2 Å². The van der Waals surface area contributed by atoms with Crippen molar-refractivity contribution in [2.45, 2.75) is 0 Å². The molecule has 7 nitrogen and oxygen atoms in total. The number of benzene rings is 2. The number of nitrogen functional groups attached to an aromatic ring is 1. The van der Waals surface area contributed by atoms with Crippen LogP contribution < -0.4 is 16.4 Å². The Balaban J connectivity index is 1.99. The number of methoxy groups -OCH3 is 1. The third-order valence-electron chi connectivity index (χ3n) is 3.87. The van der Waals surface area contributed by atoms with Crippen molar-refractivity contribution < 1.29 is 9.53 Å². The molecule has 0 unspecified atom stereocenters. The molecule has 0 radical (unpaired) electrons. The van der Waals surface area contributed by atoms with Crippen molar-refractivity contribution in [1.82, 2.24) is 15.1 Å². The fraction of sp³-hybridized carbons (Fsp3) is 0.158. The van der Waals surface area contributed by atoms with E-state index >= 15 is 0 Å². The van der Waals surface area contributed by atoms with Crippen molar-refractivity contribution >= 4 is 29.1 Å². The molecule has 0 aliphatic heterocycles. The van der Waals surface area contributed by atoms with Crippen LogP contribution in [0.2, 0.25) is 5.02 Å². The van der Waals surface area contributed by atoms with Gasteiger partial charge in [-0.15, -0.1) is 0 Å². The highest BCUT2D eigenvalue weighted by molar-refractivity contribution is 6.30. The summed E-state index contributed by atoms with van der Waals surface area (Å²) in [4.78, 5) is 12.2. The molecule has 0 atom stereocenters. The summed E-state index contributed by atoms with van der Waals surface area (Å²) in [6.07, 6.45) is 0. The molecule has 0 aliphatic carbocycles. The van der Waals surface area contributed by atoms with Crippen molar-refractivity contribution in [3.8, 4) is 16.9 Å². The summed E-state index contributed by atoms with van der Waals surface area (Å²) >= 11 is 5.96. The molecule has 0 aliphatic rings. The fourth-order valence-electron chi connectivity index (χ4n) is 2.56. The van der Waals surface area contributed by atoms with E-state index in [9.17, 15) is 4.79 Å². The van der Waals surface area contributed by atoms with Crippen LogP contribution in [0.15, 0.2) is 54.6 Å². The van der Waals surface area contributed by atoms with E-state index in [1.807, 2.05) is 42.5 Å². The number of nitrogens with two attached hydrogens (primary N) is 1. The molecule has 3 rings (SSSR count). The van der Waals surface area contributed by atoms with Crippen molar-refractivity contribution in [1.29, 1.82) is 0 Å². The molecular formula is C19H20ClN5O2. The lowest BCUT2D eigenvalue weighted by molar-refractivity contribution is 0.198. The van der Waals surface area contributed by atoms with Gasteiger partial charge in [0.05, 0.1) is 12.3 Å². The summed E-state index contributed by atoms with van der Waals surface area (Å²) in [5.74, 6) is 0.318. The maximum Gasteiger partial charge on any atom is 0.319 e. The molecule has 0 spiro atoms. The van der Waals surface area contributed by atoms with E-state index in [1.54, 1.807) is 23.9 Å². The van der Waals surface area contributed by atoms with E-state index in [0.29, 0.717) is 35.4 Å². The van der Waals surface area contributed by atoms with Crippen LogP contribution in [0.1, 0.15) is 0 Å². The maximum absolute atomic E-state index is 12.2. The van der Waals surface area contributed by atoms with Crippen LogP contribution in [-0.2, 0) is 4.74 Å². The standard InChI is InChI=1S/C19H20ClN5O2/c1-27-12-11-22-19(26)23-17-16(13-5-3-2-4-6-13)24-25(18(17)21)15-9-7-14(20)8-10-15/h2-10H,11-12,21H2,1H3,(H2,22,23,26). The van der Waals surface area contributed by atoms with E-state index in [2.05, 4.69) is 15.7 Å². The monoisotopic (exact) mass is 385 g/mol. The molecule has 0 saturated carbocycles. The van der Waals surface area contributed by atoms with Crippen LogP contribution >= 0.6 is 11.6 Å². The van der Waals surface area contributed by atoms with Crippen LogP contribution in [0, 0.1) is 0 Å². The number of aromatic nitrogens is 2. The molecule has 0 fully saturated rings. The second kappa shape index (κ2) is 8.57. The van der Waals surface area contributed by atoms with E-state index < -0.39 is 0 Å². The third-order valence-corrected chi connectivity index (χ3v) is 4.12. The van der Waals surface area contributed by atoms with Crippen molar-refractivity contribution in [3.63, 3.8) is 0 Å². The second-order valence-electron chi connectivity index (χ2n) is 5.74. The van der Waals surface area contributed by atoms with Gasteiger partial charge in [-0.25, -0.2) is 9.48 Å². The van der Waals surface area contributed by atoms with Crippen LogP contribution in [0.4, 0.5) is 16.3 Å². The average molecular weight is 386 g/mol. The van der Waals surface area contributed by atoms with Gasteiger partial charge in [0.1, 0.15) is 11.4 Å². The number of ether oxygens (including phenoxy) is 1.